The zero-order valence-electron chi connectivity index (χ0n) is 13.7. The van der Waals surface area contributed by atoms with Crippen molar-refractivity contribution in [3.63, 3.8) is 0 Å². The van der Waals surface area contributed by atoms with Gasteiger partial charge >= 0.3 is 0 Å². The number of nitrogens with zero attached hydrogens (tertiary/aromatic N) is 4. The fourth-order valence-electron chi connectivity index (χ4n) is 2.28. The first-order valence-electron chi connectivity index (χ1n) is 7.37. The summed E-state index contributed by atoms with van der Waals surface area (Å²) in [4.78, 5) is 6.91. The Kier molecular flexibility index (Phi) is 5.08. The van der Waals surface area contributed by atoms with Crippen molar-refractivity contribution < 1.29 is 9.15 Å². The van der Waals surface area contributed by atoms with Crippen molar-refractivity contribution in [1.29, 1.82) is 0 Å². The Bertz CT molecular complexity index is 867. The van der Waals surface area contributed by atoms with Crippen LogP contribution in [-0.4, -0.2) is 33.8 Å². The zero-order valence-corrected chi connectivity index (χ0v) is 15.4. The smallest absolute Gasteiger partial charge is 0.288 e. The molecular formula is C16H18N4O2S2. The highest BCUT2D eigenvalue weighted by Crippen LogP contribution is 2.21. The van der Waals surface area contributed by atoms with Crippen molar-refractivity contribution in [3.05, 3.63) is 45.2 Å². The molecule has 6 nitrogen and oxygen atoms in total. The second-order valence-electron chi connectivity index (χ2n) is 5.41. The fourth-order valence-corrected chi connectivity index (χ4v) is 3.06. The van der Waals surface area contributed by atoms with E-state index in [2.05, 4.69) is 20.4 Å². The highest BCUT2D eigenvalue weighted by molar-refractivity contribution is 7.71. The summed E-state index contributed by atoms with van der Waals surface area (Å²) < 4.78 is 12.4. The number of hydrogen-bond donors (Lipinski definition) is 0. The molecule has 0 unspecified atom stereocenters. The van der Waals surface area contributed by atoms with Crippen LogP contribution in [-0.2, 0) is 13.2 Å². The molecule has 0 saturated heterocycles. The molecule has 2 aromatic heterocycles. The second kappa shape index (κ2) is 7.25. The van der Waals surface area contributed by atoms with Gasteiger partial charge in [-0.05, 0) is 50.5 Å². The quantitative estimate of drug-likeness (QED) is 0.623. The molecule has 0 aliphatic heterocycles. The van der Waals surface area contributed by atoms with Gasteiger partial charge < -0.3 is 9.15 Å². The van der Waals surface area contributed by atoms with Gasteiger partial charge in [-0.15, -0.1) is 16.4 Å². The maximum absolute atomic E-state index is 5.62. The van der Waals surface area contributed by atoms with Crippen molar-refractivity contribution in [2.45, 2.75) is 20.1 Å². The number of thiazole rings is 1. The Morgan fingerprint density at radius 3 is 2.71 bits per heavy atom. The molecule has 0 spiro atoms. The molecule has 24 heavy (non-hydrogen) atoms. The summed E-state index contributed by atoms with van der Waals surface area (Å²) in [7, 11) is 3.63. The minimum Gasteiger partial charge on any atom is -0.497 e. The van der Waals surface area contributed by atoms with E-state index in [-0.39, 0.29) is 0 Å². The number of benzene rings is 1. The summed E-state index contributed by atoms with van der Waals surface area (Å²) in [5, 5.41) is 7.60. The van der Waals surface area contributed by atoms with Crippen LogP contribution >= 0.6 is 23.6 Å². The van der Waals surface area contributed by atoms with E-state index in [0.717, 1.165) is 28.6 Å². The lowest BCUT2D eigenvalue weighted by Gasteiger charge is -2.14. The average molecular weight is 362 g/mol. The molecule has 3 rings (SSSR count). The number of aromatic nitrogens is 3. The highest BCUT2D eigenvalue weighted by atomic mass is 32.1. The Balaban J connectivity index is 1.72. The third-order valence-electron chi connectivity index (χ3n) is 3.42. The first-order valence-corrected chi connectivity index (χ1v) is 8.66. The van der Waals surface area contributed by atoms with Gasteiger partial charge in [0.1, 0.15) is 5.75 Å². The van der Waals surface area contributed by atoms with Gasteiger partial charge in [-0.1, -0.05) is 0 Å². The topological polar surface area (TPSA) is 56.3 Å². The maximum Gasteiger partial charge on any atom is 0.288 e. The average Bonchev–Trinajstić information content (AvgIpc) is 3.13. The van der Waals surface area contributed by atoms with Gasteiger partial charge in [0.2, 0.25) is 5.89 Å². The minimum atomic E-state index is 0.349. The molecule has 2 heterocycles. The third-order valence-corrected chi connectivity index (χ3v) is 4.53. The van der Waals surface area contributed by atoms with Crippen molar-refractivity contribution in [2.24, 2.45) is 0 Å². The molecule has 0 bridgehead atoms. The molecule has 0 radical (unpaired) electrons. The fraction of sp³-hybridized carbons (Fsp3) is 0.312. The standard InChI is InChI=1S/C16H18N4O2S2/c1-11-17-13(9-24-11)8-19(2)10-20-16(23)22-15(18-20)12-4-6-14(21-3)7-5-12/h4-7,9H,8,10H2,1-3H3. The Morgan fingerprint density at radius 1 is 1.33 bits per heavy atom. The van der Waals surface area contributed by atoms with Crippen LogP contribution in [0.3, 0.4) is 0 Å². The lowest BCUT2D eigenvalue weighted by Crippen LogP contribution is -2.22. The van der Waals surface area contributed by atoms with E-state index in [1.54, 1.807) is 23.1 Å². The minimum absolute atomic E-state index is 0.349. The van der Waals surface area contributed by atoms with Crippen LogP contribution in [0.1, 0.15) is 10.7 Å². The summed E-state index contributed by atoms with van der Waals surface area (Å²) in [5.41, 5.74) is 1.91. The summed E-state index contributed by atoms with van der Waals surface area (Å²) in [6.07, 6.45) is 0. The van der Waals surface area contributed by atoms with E-state index in [0.29, 0.717) is 17.4 Å². The normalized spacial score (nSPS) is 11.2. The molecule has 126 valence electrons. The van der Waals surface area contributed by atoms with Crippen molar-refractivity contribution in [2.75, 3.05) is 14.2 Å². The molecule has 0 fully saturated rings. The van der Waals surface area contributed by atoms with Crippen molar-refractivity contribution >= 4 is 23.6 Å². The lowest BCUT2D eigenvalue weighted by molar-refractivity contribution is 0.238. The lowest BCUT2D eigenvalue weighted by atomic mass is 10.2. The van der Waals surface area contributed by atoms with Gasteiger partial charge in [0.25, 0.3) is 4.84 Å². The van der Waals surface area contributed by atoms with E-state index in [1.807, 2.05) is 38.2 Å². The Hall–Kier alpha value is -2.03. The Labute approximate surface area is 149 Å². The second-order valence-corrected chi connectivity index (χ2v) is 6.83. The van der Waals surface area contributed by atoms with Crippen LogP contribution in [0.2, 0.25) is 0 Å². The van der Waals surface area contributed by atoms with Gasteiger partial charge in [0.05, 0.1) is 24.5 Å². The van der Waals surface area contributed by atoms with Gasteiger partial charge in [0, 0.05) is 17.5 Å². The van der Waals surface area contributed by atoms with Gasteiger partial charge in [-0.3, -0.25) is 4.90 Å². The predicted octanol–water partition coefficient (Wildman–Crippen LogP) is 3.74. The monoisotopic (exact) mass is 362 g/mol. The molecule has 0 aliphatic carbocycles. The predicted molar refractivity (Wildman–Crippen MR) is 95.6 cm³/mol. The zero-order chi connectivity index (χ0) is 17.1. The molecule has 1 aromatic carbocycles. The molecule has 8 heteroatoms. The van der Waals surface area contributed by atoms with E-state index in [4.69, 9.17) is 21.4 Å². The van der Waals surface area contributed by atoms with Crippen LogP contribution in [0.5, 0.6) is 5.75 Å². The van der Waals surface area contributed by atoms with Crippen molar-refractivity contribution in [3.8, 4) is 17.2 Å². The molecule has 0 amide bonds. The number of aryl methyl sites for hydroxylation is 1. The number of rotatable bonds is 6. The van der Waals surface area contributed by atoms with E-state index in [1.165, 1.54) is 0 Å². The maximum atomic E-state index is 5.62. The first-order chi connectivity index (χ1) is 11.5. The van der Waals surface area contributed by atoms with Crippen LogP contribution in [0.15, 0.2) is 34.1 Å². The SMILES string of the molecule is COc1ccc(-c2nn(CN(C)Cc3csc(C)n3)c(=S)o2)cc1. The largest absolute Gasteiger partial charge is 0.497 e. The summed E-state index contributed by atoms with van der Waals surface area (Å²) in [6.45, 7) is 3.27. The van der Waals surface area contributed by atoms with E-state index >= 15 is 0 Å². The van der Waals surface area contributed by atoms with E-state index in [9.17, 15) is 0 Å². The number of methoxy groups -OCH3 is 1. The van der Waals surface area contributed by atoms with Crippen LogP contribution in [0, 0.1) is 11.8 Å². The van der Waals surface area contributed by atoms with Crippen molar-refractivity contribution in [1.82, 2.24) is 19.7 Å². The third kappa shape index (κ3) is 3.89. The van der Waals surface area contributed by atoms with Gasteiger partial charge in [-0.25, -0.2) is 9.67 Å². The summed E-state index contributed by atoms with van der Waals surface area (Å²) in [6, 6.07) is 7.52. The Morgan fingerprint density at radius 2 is 2.08 bits per heavy atom. The molecule has 0 atom stereocenters. The van der Waals surface area contributed by atoms with Crippen LogP contribution in [0.25, 0.3) is 11.5 Å². The molecule has 3 aromatic rings. The van der Waals surface area contributed by atoms with Crippen LogP contribution in [0.4, 0.5) is 0 Å². The summed E-state index contributed by atoms with van der Waals surface area (Å²) in [5.74, 6) is 1.29. The van der Waals surface area contributed by atoms with Gasteiger partial charge in [-0.2, -0.15) is 0 Å². The number of ether oxygens (including phenoxy) is 1. The number of hydrogen-bond acceptors (Lipinski definition) is 7. The van der Waals surface area contributed by atoms with Gasteiger partial charge in [0.15, 0.2) is 0 Å². The van der Waals surface area contributed by atoms with Crippen LogP contribution < -0.4 is 4.74 Å². The molecule has 0 aliphatic rings. The van der Waals surface area contributed by atoms with E-state index < -0.39 is 0 Å². The summed E-state index contributed by atoms with van der Waals surface area (Å²) >= 11 is 6.93. The molecule has 0 N–H and O–H groups in total. The molecule has 0 saturated carbocycles. The highest BCUT2D eigenvalue weighted by Gasteiger charge is 2.11. The molecular weight excluding hydrogens is 344 g/mol. The first kappa shape index (κ1) is 16.8.